The van der Waals surface area contributed by atoms with Crippen molar-refractivity contribution >= 4 is 33.5 Å². The van der Waals surface area contributed by atoms with Crippen LogP contribution in [0.5, 0.6) is 11.8 Å². The molecule has 44 heavy (non-hydrogen) atoms. The lowest BCUT2D eigenvalue weighted by molar-refractivity contribution is 0.107. The van der Waals surface area contributed by atoms with Crippen LogP contribution in [0.25, 0.3) is 32.9 Å². The molecule has 0 spiro atoms. The van der Waals surface area contributed by atoms with Gasteiger partial charge in [0.05, 0.1) is 17.0 Å². The SMILES string of the molecule is CCc1c(F)ccc2cc(O)cc(-c3ncc4c(NC5CN(C(N)=O)C5)nc(OC[C@@]56CCCN5C[C@H](F)C6)nc4c3F)c12. The first-order valence-electron chi connectivity index (χ1n) is 14.8. The minimum absolute atomic E-state index is 0.0879. The van der Waals surface area contributed by atoms with E-state index in [-0.39, 0.29) is 52.4 Å². The second-order valence-electron chi connectivity index (χ2n) is 12.0. The lowest BCUT2D eigenvalue weighted by Crippen LogP contribution is -2.58. The molecular formula is C31H32F3N7O3. The topological polar surface area (TPSA) is 130 Å². The molecule has 0 aliphatic carbocycles. The molecule has 0 radical (unpaired) electrons. The molecule has 230 valence electrons. The van der Waals surface area contributed by atoms with E-state index in [1.54, 1.807) is 6.92 Å². The van der Waals surface area contributed by atoms with Crippen LogP contribution < -0.4 is 15.8 Å². The fourth-order valence-electron chi connectivity index (χ4n) is 7.02. The third-order valence-corrected chi connectivity index (χ3v) is 9.19. The number of rotatable bonds is 7. The number of phenolic OH excluding ortho intramolecular Hbond substituents is 1. The molecule has 2 atom stereocenters. The molecule has 0 bridgehead atoms. The van der Waals surface area contributed by atoms with Gasteiger partial charge >= 0.3 is 12.0 Å². The Morgan fingerprint density at radius 1 is 1.23 bits per heavy atom. The van der Waals surface area contributed by atoms with Crippen molar-refractivity contribution in [3.8, 4) is 23.0 Å². The molecule has 3 aliphatic rings. The first-order chi connectivity index (χ1) is 21.2. The normalized spacial score (nSPS) is 22.0. The number of alkyl halides is 1. The summed E-state index contributed by atoms with van der Waals surface area (Å²) in [5.74, 6) is -1.10. The maximum Gasteiger partial charge on any atom is 0.319 e. The number of aryl methyl sites for hydroxylation is 1. The molecule has 2 aromatic heterocycles. The summed E-state index contributed by atoms with van der Waals surface area (Å²) in [4.78, 5) is 28.5. The fourth-order valence-corrected chi connectivity index (χ4v) is 7.02. The van der Waals surface area contributed by atoms with Gasteiger partial charge in [0.1, 0.15) is 41.4 Å². The quantitative estimate of drug-likeness (QED) is 0.280. The van der Waals surface area contributed by atoms with E-state index in [4.69, 9.17) is 10.5 Å². The number of anilines is 1. The maximum atomic E-state index is 16.6. The Bertz CT molecular complexity index is 1800. The second kappa shape index (κ2) is 10.7. The van der Waals surface area contributed by atoms with Crippen molar-refractivity contribution < 1.29 is 27.8 Å². The van der Waals surface area contributed by atoms with Crippen LogP contribution in [-0.4, -0.2) is 86.4 Å². The van der Waals surface area contributed by atoms with Gasteiger partial charge in [-0.2, -0.15) is 9.97 Å². The largest absolute Gasteiger partial charge is 0.508 e. The number of phenols is 1. The molecule has 7 rings (SSSR count). The standard InChI is InChI=1S/C31H32F3N7O3/c1-2-20-23(33)5-4-16-8-19(42)9-21(24(16)20)26-25(34)27-22(11-36-26)28(37-18-13-40(14-18)29(35)43)39-30(38-27)44-15-31-6-3-7-41(31)12-17(32)10-31/h4-5,8-9,11,17-18,42H,2-3,6-7,10,12-15H2,1H3,(H2,35,43)(H,37,38,39)/t17-,31+/m1/s1. The summed E-state index contributed by atoms with van der Waals surface area (Å²) in [5, 5.41) is 15.0. The maximum absolute atomic E-state index is 16.6. The van der Waals surface area contributed by atoms with Crippen LogP contribution in [0.15, 0.2) is 30.5 Å². The van der Waals surface area contributed by atoms with Gasteiger partial charge < -0.3 is 25.8 Å². The van der Waals surface area contributed by atoms with Crippen LogP contribution in [0, 0.1) is 11.6 Å². The number of hydrogen-bond acceptors (Lipinski definition) is 8. The van der Waals surface area contributed by atoms with E-state index >= 15 is 4.39 Å². The summed E-state index contributed by atoms with van der Waals surface area (Å²) in [7, 11) is 0. The van der Waals surface area contributed by atoms with E-state index in [1.807, 2.05) is 0 Å². The summed E-state index contributed by atoms with van der Waals surface area (Å²) in [5.41, 5.74) is 5.30. The van der Waals surface area contributed by atoms with Crippen molar-refractivity contribution in [2.75, 3.05) is 38.1 Å². The van der Waals surface area contributed by atoms with Gasteiger partial charge in [0.15, 0.2) is 5.82 Å². The number of nitrogens with two attached hydrogens (primary N) is 1. The number of halogens is 3. The zero-order valence-electron chi connectivity index (χ0n) is 24.1. The minimum atomic E-state index is -0.943. The number of aromatic hydroxyl groups is 1. The van der Waals surface area contributed by atoms with Crippen LogP contribution in [-0.2, 0) is 6.42 Å². The van der Waals surface area contributed by atoms with Crippen molar-refractivity contribution in [3.63, 3.8) is 0 Å². The van der Waals surface area contributed by atoms with Gasteiger partial charge in [-0.25, -0.2) is 18.0 Å². The third kappa shape index (κ3) is 4.70. The lowest BCUT2D eigenvalue weighted by Gasteiger charge is -2.38. The number of ether oxygens (including phenoxy) is 1. The van der Waals surface area contributed by atoms with E-state index < -0.39 is 29.4 Å². The Labute approximate surface area is 251 Å². The summed E-state index contributed by atoms with van der Waals surface area (Å²) in [6.07, 6.45) is 2.88. The Hall–Kier alpha value is -4.39. The van der Waals surface area contributed by atoms with Gasteiger partial charge in [0, 0.05) is 37.8 Å². The lowest BCUT2D eigenvalue weighted by atomic mass is 9.94. The highest BCUT2D eigenvalue weighted by Gasteiger charge is 2.49. The van der Waals surface area contributed by atoms with Gasteiger partial charge in [-0.05, 0) is 60.3 Å². The first-order valence-corrected chi connectivity index (χ1v) is 14.8. The zero-order valence-corrected chi connectivity index (χ0v) is 24.1. The zero-order chi connectivity index (χ0) is 30.7. The van der Waals surface area contributed by atoms with Crippen molar-refractivity contribution in [2.45, 2.75) is 50.4 Å². The average molecular weight is 608 g/mol. The van der Waals surface area contributed by atoms with Crippen LogP contribution >= 0.6 is 0 Å². The van der Waals surface area contributed by atoms with Crippen LogP contribution in [0.4, 0.5) is 23.8 Å². The molecule has 2 amide bonds. The molecule has 3 aliphatic heterocycles. The summed E-state index contributed by atoms with van der Waals surface area (Å²) in [6, 6.07) is 4.89. The number of hydrogen-bond donors (Lipinski definition) is 3. The number of amides is 2. The number of pyridine rings is 1. The Morgan fingerprint density at radius 2 is 2.05 bits per heavy atom. The van der Waals surface area contributed by atoms with E-state index in [0.29, 0.717) is 48.8 Å². The van der Waals surface area contributed by atoms with E-state index in [2.05, 4.69) is 25.2 Å². The van der Waals surface area contributed by atoms with Gasteiger partial charge in [0.2, 0.25) is 0 Å². The number of benzene rings is 2. The predicted molar refractivity (Wildman–Crippen MR) is 158 cm³/mol. The van der Waals surface area contributed by atoms with Crippen LogP contribution in [0.1, 0.15) is 31.7 Å². The van der Waals surface area contributed by atoms with Crippen molar-refractivity contribution in [3.05, 3.63) is 47.7 Å². The van der Waals surface area contributed by atoms with Gasteiger partial charge in [-0.1, -0.05) is 13.0 Å². The fraction of sp³-hybridized carbons (Fsp3) is 0.419. The molecule has 0 saturated carbocycles. The summed E-state index contributed by atoms with van der Waals surface area (Å²) in [6.45, 7) is 3.76. The number of aromatic nitrogens is 3. The molecule has 5 heterocycles. The molecule has 13 heteroatoms. The monoisotopic (exact) mass is 607 g/mol. The molecule has 4 N–H and O–H groups in total. The first kappa shape index (κ1) is 28.4. The van der Waals surface area contributed by atoms with Crippen LogP contribution in [0.3, 0.4) is 0 Å². The van der Waals surface area contributed by atoms with Crippen molar-refractivity contribution in [1.29, 1.82) is 0 Å². The van der Waals surface area contributed by atoms with Gasteiger partial charge in [-0.3, -0.25) is 9.88 Å². The highest BCUT2D eigenvalue weighted by atomic mass is 19.1. The number of likely N-dealkylation sites (tertiary alicyclic amines) is 1. The number of nitrogens with one attached hydrogen (secondary N) is 1. The number of urea groups is 1. The Kier molecular flexibility index (Phi) is 6.87. The molecule has 3 saturated heterocycles. The summed E-state index contributed by atoms with van der Waals surface area (Å²) >= 11 is 0. The number of carbonyl (C=O) groups excluding carboxylic acids is 1. The smallest absolute Gasteiger partial charge is 0.319 e. The summed E-state index contributed by atoms with van der Waals surface area (Å²) < 4.78 is 51.9. The predicted octanol–water partition coefficient (Wildman–Crippen LogP) is 4.52. The number of fused-ring (bicyclic) bond motifs is 3. The van der Waals surface area contributed by atoms with Crippen molar-refractivity contribution in [1.82, 2.24) is 24.8 Å². The number of carbonyl (C=O) groups is 1. The molecule has 10 nitrogen and oxygen atoms in total. The number of nitrogens with zero attached hydrogens (tertiary/aromatic N) is 5. The number of primary amides is 1. The average Bonchev–Trinajstić information content (AvgIpc) is 3.49. The van der Waals surface area contributed by atoms with Gasteiger partial charge in [0.25, 0.3) is 0 Å². The highest BCUT2D eigenvalue weighted by Crippen LogP contribution is 2.41. The van der Waals surface area contributed by atoms with Crippen LogP contribution in [0.2, 0.25) is 0 Å². The Morgan fingerprint density at radius 3 is 2.82 bits per heavy atom. The minimum Gasteiger partial charge on any atom is -0.508 e. The molecule has 3 fully saturated rings. The molecular weight excluding hydrogens is 575 g/mol. The second-order valence-corrected chi connectivity index (χ2v) is 12.0. The van der Waals surface area contributed by atoms with Gasteiger partial charge in [-0.15, -0.1) is 0 Å². The van der Waals surface area contributed by atoms with E-state index in [9.17, 15) is 18.7 Å². The van der Waals surface area contributed by atoms with E-state index in [1.165, 1.54) is 35.4 Å². The Balaban J connectivity index is 1.33. The molecule has 4 aromatic rings. The molecule has 0 unspecified atom stereocenters. The molecule has 2 aromatic carbocycles. The third-order valence-electron chi connectivity index (χ3n) is 9.19. The van der Waals surface area contributed by atoms with Crippen molar-refractivity contribution in [2.24, 2.45) is 5.73 Å². The van der Waals surface area contributed by atoms with E-state index in [0.717, 1.165) is 19.4 Å². The highest BCUT2D eigenvalue weighted by molar-refractivity contribution is 6.01.